The SMILES string of the molecule is COc1cc(Cl)cc(C=C2SC(=S)N(C3CCCCC3)C2=O)c1O. The average molecular weight is 384 g/mol. The molecular weight excluding hydrogens is 366 g/mol. The van der Waals surface area contributed by atoms with E-state index in [1.807, 2.05) is 0 Å². The molecule has 1 aliphatic heterocycles. The van der Waals surface area contributed by atoms with Crippen molar-refractivity contribution in [2.75, 3.05) is 7.11 Å². The molecule has 1 saturated carbocycles. The third-order valence-corrected chi connectivity index (χ3v) is 5.89. The molecule has 0 spiro atoms. The van der Waals surface area contributed by atoms with Crippen LogP contribution in [0.15, 0.2) is 17.0 Å². The molecule has 24 heavy (non-hydrogen) atoms. The summed E-state index contributed by atoms with van der Waals surface area (Å²) in [5.41, 5.74) is 0.448. The Morgan fingerprint density at radius 2 is 2.08 bits per heavy atom. The fraction of sp³-hybridized carbons (Fsp3) is 0.412. The first-order valence-electron chi connectivity index (χ1n) is 7.85. The van der Waals surface area contributed by atoms with E-state index in [4.69, 9.17) is 28.6 Å². The molecule has 2 fully saturated rings. The van der Waals surface area contributed by atoms with Crippen molar-refractivity contribution in [1.29, 1.82) is 0 Å². The number of rotatable bonds is 3. The van der Waals surface area contributed by atoms with Gasteiger partial charge in [-0.05, 0) is 25.0 Å². The van der Waals surface area contributed by atoms with Crippen LogP contribution in [0.1, 0.15) is 37.7 Å². The van der Waals surface area contributed by atoms with Gasteiger partial charge in [0.25, 0.3) is 5.91 Å². The van der Waals surface area contributed by atoms with E-state index in [0.29, 0.717) is 19.8 Å². The number of halogens is 1. The van der Waals surface area contributed by atoms with E-state index in [1.165, 1.54) is 31.4 Å². The zero-order chi connectivity index (χ0) is 17.3. The molecule has 0 bridgehead atoms. The van der Waals surface area contributed by atoms with Gasteiger partial charge in [0.05, 0.1) is 12.0 Å². The van der Waals surface area contributed by atoms with Crippen LogP contribution in [0.4, 0.5) is 0 Å². The van der Waals surface area contributed by atoms with Gasteiger partial charge in [-0.15, -0.1) is 0 Å². The number of methoxy groups -OCH3 is 1. The minimum absolute atomic E-state index is 0.0372. The Hall–Kier alpha value is -1.24. The summed E-state index contributed by atoms with van der Waals surface area (Å²) in [7, 11) is 1.46. The Morgan fingerprint density at radius 3 is 2.75 bits per heavy atom. The number of carbonyl (C=O) groups excluding carboxylic acids is 1. The average Bonchev–Trinajstić information content (AvgIpc) is 2.85. The van der Waals surface area contributed by atoms with Gasteiger partial charge in [-0.3, -0.25) is 9.69 Å². The van der Waals surface area contributed by atoms with Gasteiger partial charge in [0.15, 0.2) is 11.5 Å². The lowest BCUT2D eigenvalue weighted by Crippen LogP contribution is -2.39. The molecule has 7 heteroatoms. The van der Waals surface area contributed by atoms with E-state index in [2.05, 4.69) is 0 Å². The largest absolute Gasteiger partial charge is 0.504 e. The molecule has 1 aromatic carbocycles. The number of ether oxygens (including phenoxy) is 1. The molecule has 1 saturated heterocycles. The van der Waals surface area contributed by atoms with Gasteiger partial charge >= 0.3 is 0 Å². The van der Waals surface area contributed by atoms with Crippen molar-refractivity contribution in [3.05, 3.63) is 27.6 Å². The summed E-state index contributed by atoms with van der Waals surface area (Å²) >= 11 is 12.7. The summed E-state index contributed by atoms with van der Waals surface area (Å²) in [6.07, 6.45) is 7.11. The smallest absolute Gasteiger partial charge is 0.266 e. The molecule has 0 radical (unpaired) electrons. The van der Waals surface area contributed by atoms with Crippen LogP contribution in [0.5, 0.6) is 11.5 Å². The fourth-order valence-corrected chi connectivity index (χ4v) is 4.74. The number of phenols is 1. The van der Waals surface area contributed by atoms with E-state index in [-0.39, 0.29) is 23.4 Å². The molecule has 1 amide bonds. The van der Waals surface area contributed by atoms with Gasteiger partial charge in [-0.1, -0.05) is 54.8 Å². The van der Waals surface area contributed by atoms with Crippen molar-refractivity contribution in [3.63, 3.8) is 0 Å². The summed E-state index contributed by atoms with van der Waals surface area (Å²) in [6.45, 7) is 0. The van der Waals surface area contributed by atoms with Gasteiger partial charge in [0.2, 0.25) is 0 Å². The first kappa shape index (κ1) is 17.6. The molecular formula is C17H18ClNO3S2. The normalized spacial score (nSPS) is 20.9. The second-order valence-electron chi connectivity index (χ2n) is 5.89. The number of benzene rings is 1. The number of hydrogen-bond donors (Lipinski definition) is 1. The summed E-state index contributed by atoms with van der Waals surface area (Å²) < 4.78 is 5.69. The predicted molar refractivity (Wildman–Crippen MR) is 102 cm³/mol. The lowest BCUT2D eigenvalue weighted by atomic mass is 9.94. The topological polar surface area (TPSA) is 49.8 Å². The summed E-state index contributed by atoms with van der Waals surface area (Å²) in [4.78, 5) is 15.0. The van der Waals surface area contributed by atoms with Crippen LogP contribution >= 0.6 is 35.6 Å². The zero-order valence-electron chi connectivity index (χ0n) is 13.3. The van der Waals surface area contributed by atoms with Crippen LogP contribution in [0, 0.1) is 0 Å². The van der Waals surface area contributed by atoms with Crippen molar-refractivity contribution in [1.82, 2.24) is 4.90 Å². The second-order valence-corrected chi connectivity index (χ2v) is 8.00. The molecule has 4 nitrogen and oxygen atoms in total. The van der Waals surface area contributed by atoms with Crippen LogP contribution in [0.2, 0.25) is 5.02 Å². The van der Waals surface area contributed by atoms with Gasteiger partial charge in [0.1, 0.15) is 4.32 Å². The number of phenolic OH excluding ortho intramolecular Hbond substituents is 1. The van der Waals surface area contributed by atoms with E-state index in [9.17, 15) is 9.90 Å². The van der Waals surface area contributed by atoms with Gasteiger partial charge in [-0.2, -0.15) is 0 Å². The van der Waals surface area contributed by atoms with Crippen LogP contribution in [0.25, 0.3) is 6.08 Å². The van der Waals surface area contributed by atoms with Gasteiger partial charge < -0.3 is 9.84 Å². The van der Waals surface area contributed by atoms with Gasteiger partial charge in [-0.25, -0.2) is 0 Å². The highest BCUT2D eigenvalue weighted by atomic mass is 35.5. The first-order chi connectivity index (χ1) is 11.5. The summed E-state index contributed by atoms with van der Waals surface area (Å²) in [5, 5.41) is 10.7. The number of nitrogens with zero attached hydrogens (tertiary/aromatic N) is 1. The molecule has 0 atom stereocenters. The van der Waals surface area contributed by atoms with Crippen molar-refractivity contribution in [2.45, 2.75) is 38.1 Å². The molecule has 2 aliphatic rings. The Kier molecular flexibility index (Phi) is 5.37. The van der Waals surface area contributed by atoms with Crippen molar-refractivity contribution in [2.24, 2.45) is 0 Å². The van der Waals surface area contributed by atoms with Crippen LogP contribution in [-0.4, -0.2) is 33.4 Å². The molecule has 1 N–H and O–H groups in total. The molecule has 1 aliphatic carbocycles. The molecule has 128 valence electrons. The number of carbonyl (C=O) groups is 1. The first-order valence-corrected chi connectivity index (χ1v) is 9.45. The Balaban J connectivity index is 1.90. The molecule has 0 unspecified atom stereocenters. The second kappa shape index (κ2) is 7.33. The summed E-state index contributed by atoms with van der Waals surface area (Å²) in [6, 6.07) is 3.33. The van der Waals surface area contributed by atoms with Gasteiger partial charge in [0, 0.05) is 22.7 Å². The van der Waals surface area contributed by atoms with Crippen molar-refractivity contribution < 1.29 is 14.6 Å². The third kappa shape index (κ3) is 3.41. The lowest BCUT2D eigenvalue weighted by Gasteiger charge is -2.29. The maximum absolute atomic E-state index is 12.8. The standard InChI is InChI=1S/C17H18ClNO3S2/c1-22-13-9-11(18)7-10(15(13)20)8-14-16(21)19(17(23)24-14)12-5-3-2-4-6-12/h7-9,12,20H,2-6H2,1H3. The number of hydrogen-bond acceptors (Lipinski definition) is 5. The van der Waals surface area contributed by atoms with Crippen LogP contribution < -0.4 is 4.74 Å². The van der Waals surface area contributed by atoms with E-state index in [0.717, 1.165) is 25.7 Å². The monoisotopic (exact) mass is 383 g/mol. The van der Waals surface area contributed by atoms with Crippen LogP contribution in [-0.2, 0) is 4.79 Å². The van der Waals surface area contributed by atoms with E-state index < -0.39 is 0 Å². The van der Waals surface area contributed by atoms with E-state index in [1.54, 1.807) is 17.0 Å². The highest BCUT2D eigenvalue weighted by Crippen LogP contribution is 2.40. The quantitative estimate of drug-likeness (QED) is 0.611. The zero-order valence-corrected chi connectivity index (χ0v) is 15.6. The third-order valence-electron chi connectivity index (χ3n) is 4.34. The number of thioether (sulfide) groups is 1. The molecule has 0 aromatic heterocycles. The lowest BCUT2D eigenvalue weighted by molar-refractivity contribution is -0.124. The number of amides is 1. The van der Waals surface area contributed by atoms with Crippen molar-refractivity contribution >= 4 is 51.9 Å². The highest BCUT2D eigenvalue weighted by molar-refractivity contribution is 8.26. The predicted octanol–water partition coefficient (Wildman–Crippen LogP) is 4.59. The van der Waals surface area contributed by atoms with Crippen molar-refractivity contribution in [3.8, 4) is 11.5 Å². The minimum atomic E-state index is -0.0877. The van der Waals surface area contributed by atoms with Crippen LogP contribution in [0.3, 0.4) is 0 Å². The van der Waals surface area contributed by atoms with E-state index >= 15 is 0 Å². The Morgan fingerprint density at radius 1 is 1.38 bits per heavy atom. The number of aromatic hydroxyl groups is 1. The highest BCUT2D eigenvalue weighted by Gasteiger charge is 2.37. The molecule has 1 aromatic rings. The maximum Gasteiger partial charge on any atom is 0.266 e. The molecule has 3 rings (SSSR count). The number of thiocarbonyl (C=S) groups is 1. The Bertz CT molecular complexity index is 714. The Labute approximate surface area is 155 Å². The maximum atomic E-state index is 12.8. The minimum Gasteiger partial charge on any atom is -0.504 e. The summed E-state index contributed by atoms with van der Waals surface area (Å²) in [5.74, 6) is 0.150. The fourth-order valence-electron chi connectivity index (χ4n) is 3.14. The molecule has 1 heterocycles.